The molecule has 8 nitrogen and oxygen atoms in total. The van der Waals surface area contributed by atoms with Crippen LogP contribution in [0.3, 0.4) is 0 Å². The summed E-state index contributed by atoms with van der Waals surface area (Å²) in [5.74, 6) is -3.54. The van der Waals surface area contributed by atoms with Gasteiger partial charge in [0.05, 0.1) is 35.6 Å². The summed E-state index contributed by atoms with van der Waals surface area (Å²) in [5.41, 5.74) is -3.76. The SMILES string of the molecule is COc1ccccc1-c1cc(C(=N)C(=O)Nc2ccc(C#N)cc2C(=O)O)c(O)cc1C(F)(F)F. The number of alkyl halides is 3. The van der Waals surface area contributed by atoms with Crippen LogP contribution in [0, 0.1) is 16.7 Å². The number of carboxylic acids is 1. The molecule has 0 aromatic heterocycles. The average Bonchev–Trinajstić information content (AvgIpc) is 2.82. The van der Waals surface area contributed by atoms with Crippen LogP contribution in [-0.4, -0.2) is 34.9 Å². The van der Waals surface area contributed by atoms with E-state index in [9.17, 15) is 33.0 Å². The van der Waals surface area contributed by atoms with E-state index in [2.05, 4.69) is 5.32 Å². The number of anilines is 1. The van der Waals surface area contributed by atoms with Gasteiger partial charge in [0.1, 0.15) is 17.2 Å². The number of carbonyl (C=O) groups excluding carboxylic acids is 1. The van der Waals surface area contributed by atoms with Gasteiger partial charge in [0.2, 0.25) is 0 Å². The number of halogens is 3. The molecule has 35 heavy (non-hydrogen) atoms. The molecule has 3 rings (SSSR count). The number of nitrogens with zero attached hydrogens (tertiary/aromatic N) is 1. The average molecular weight is 483 g/mol. The second-order valence-corrected chi connectivity index (χ2v) is 7.12. The number of aromatic carboxylic acids is 1. The molecule has 4 N–H and O–H groups in total. The van der Waals surface area contributed by atoms with Gasteiger partial charge in [-0.05, 0) is 42.0 Å². The number of rotatable bonds is 6. The maximum Gasteiger partial charge on any atom is 0.417 e. The molecule has 0 fully saturated rings. The molecule has 178 valence electrons. The van der Waals surface area contributed by atoms with Crippen LogP contribution in [0.5, 0.6) is 11.5 Å². The minimum Gasteiger partial charge on any atom is -0.507 e. The van der Waals surface area contributed by atoms with Crippen molar-refractivity contribution in [1.29, 1.82) is 10.7 Å². The van der Waals surface area contributed by atoms with Gasteiger partial charge in [-0.2, -0.15) is 18.4 Å². The number of nitriles is 1. The van der Waals surface area contributed by atoms with Crippen LogP contribution in [0.25, 0.3) is 11.1 Å². The van der Waals surface area contributed by atoms with E-state index < -0.39 is 51.8 Å². The molecule has 0 bridgehead atoms. The zero-order valence-corrected chi connectivity index (χ0v) is 17.9. The largest absolute Gasteiger partial charge is 0.507 e. The number of carboxylic acid groups (broad SMARTS) is 1. The number of hydrogen-bond donors (Lipinski definition) is 4. The molecule has 0 aliphatic rings. The van der Waals surface area contributed by atoms with E-state index in [0.29, 0.717) is 6.07 Å². The lowest BCUT2D eigenvalue weighted by Crippen LogP contribution is -2.24. The Morgan fingerprint density at radius 2 is 1.74 bits per heavy atom. The summed E-state index contributed by atoms with van der Waals surface area (Å²) < 4.78 is 46.4. The van der Waals surface area contributed by atoms with Crippen LogP contribution >= 0.6 is 0 Å². The number of aromatic hydroxyl groups is 1. The molecule has 3 aromatic rings. The Labute approximate surface area is 196 Å². The van der Waals surface area contributed by atoms with Gasteiger partial charge in [-0.25, -0.2) is 4.79 Å². The van der Waals surface area contributed by atoms with Crippen molar-refractivity contribution in [3.8, 4) is 28.7 Å². The molecular weight excluding hydrogens is 467 g/mol. The summed E-state index contributed by atoms with van der Waals surface area (Å²) in [4.78, 5) is 24.2. The third-order valence-corrected chi connectivity index (χ3v) is 4.96. The Morgan fingerprint density at radius 3 is 2.34 bits per heavy atom. The molecule has 0 radical (unpaired) electrons. The topological polar surface area (TPSA) is 144 Å². The van der Waals surface area contributed by atoms with E-state index in [4.69, 9.17) is 15.4 Å². The van der Waals surface area contributed by atoms with Gasteiger partial charge < -0.3 is 20.3 Å². The number of methoxy groups -OCH3 is 1. The Morgan fingerprint density at radius 1 is 1.06 bits per heavy atom. The van der Waals surface area contributed by atoms with Gasteiger partial charge in [-0.3, -0.25) is 10.2 Å². The van der Waals surface area contributed by atoms with Crippen LogP contribution in [0.1, 0.15) is 27.0 Å². The van der Waals surface area contributed by atoms with Crippen LogP contribution < -0.4 is 10.1 Å². The molecule has 0 spiro atoms. The lowest BCUT2D eigenvalue weighted by molar-refractivity contribution is -0.137. The Hall–Kier alpha value is -4.85. The fourth-order valence-corrected chi connectivity index (χ4v) is 3.32. The number of para-hydroxylation sites is 1. The highest BCUT2D eigenvalue weighted by atomic mass is 19.4. The first-order valence-electron chi connectivity index (χ1n) is 9.73. The van der Waals surface area contributed by atoms with Crippen molar-refractivity contribution >= 4 is 23.3 Å². The zero-order valence-electron chi connectivity index (χ0n) is 17.9. The lowest BCUT2D eigenvalue weighted by Gasteiger charge is -2.18. The molecule has 0 heterocycles. The fourth-order valence-electron chi connectivity index (χ4n) is 3.32. The summed E-state index contributed by atoms with van der Waals surface area (Å²) in [7, 11) is 1.26. The highest BCUT2D eigenvalue weighted by Gasteiger charge is 2.36. The minimum atomic E-state index is -4.88. The van der Waals surface area contributed by atoms with Gasteiger partial charge in [0.15, 0.2) is 0 Å². The van der Waals surface area contributed by atoms with Gasteiger partial charge in [-0.15, -0.1) is 0 Å². The predicted molar refractivity (Wildman–Crippen MR) is 119 cm³/mol. The first kappa shape index (κ1) is 24.8. The van der Waals surface area contributed by atoms with E-state index in [1.54, 1.807) is 12.1 Å². The number of carbonyl (C=O) groups is 2. The number of hydrogen-bond acceptors (Lipinski definition) is 6. The van der Waals surface area contributed by atoms with Gasteiger partial charge in [-0.1, -0.05) is 18.2 Å². The minimum absolute atomic E-state index is 0.0111. The number of ether oxygens (including phenoxy) is 1. The van der Waals surface area contributed by atoms with Crippen LogP contribution in [0.15, 0.2) is 54.6 Å². The van der Waals surface area contributed by atoms with Gasteiger partial charge in [0, 0.05) is 11.1 Å². The standard InChI is InChI=1S/C24H16F3N3O5/c1-35-20-5-3-2-4-13(20)14-9-16(19(31)10-17(14)24(25,26)27)21(29)22(32)30-18-7-6-12(11-28)8-15(18)23(33)34/h2-10,29,31H,1H3,(H,30,32)(H,33,34). The van der Waals surface area contributed by atoms with E-state index >= 15 is 0 Å². The van der Waals surface area contributed by atoms with Crippen molar-refractivity contribution in [2.45, 2.75) is 6.18 Å². The first-order chi connectivity index (χ1) is 16.5. The summed E-state index contributed by atoms with van der Waals surface area (Å²) >= 11 is 0. The zero-order chi connectivity index (χ0) is 25.9. The Kier molecular flexibility index (Phi) is 6.77. The maximum atomic E-state index is 13.7. The normalized spacial score (nSPS) is 10.8. The van der Waals surface area contributed by atoms with Crippen molar-refractivity contribution in [1.82, 2.24) is 0 Å². The molecular formula is C24H16F3N3O5. The van der Waals surface area contributed by atoms with Crippen molar-refractivity contribution in [3.05, 3.63) is 76.9 Å². The summed E-state index contributed by atoms with van der Waals surface area (Å²) in [5, 5.41) is 38.9. The summed E-state index contributed by atoms with van der Waals surface area (Å²) in [6.07, 6.45) is -4.88. The van der Waals surface area contributed by atoms with Crippen LogP contribution in [-0.2, 0) is 11.0 Å². The van der Waals surface area contributed by atoms with Crippen molar-refractivity contribution in [2.75, 3.05) is 12.4 Å². The molecule has 11 heteroatoms. The second-order valence-electron chi connectivity index (χ2n) is 7.12. The number of nitrogens with one attached hydrogen (secondary N) is 2. The first-order valence-corrected chi connectivity index (χ1v) is 9.73. The molecule has 0 aliphatic carbocycles. The van der Waals surface area contributed by atoms with Crippen molar-refractivity contribution in [3.63, 3.8) is 0 Å². The monoisotopic (exact) mass is 483 g/mol. The Bertz CT molecular complexity index is 1390. The second kappa shape index (κ2) is 9.56. The van der Waals surface area contributed by atoms with Crippen molar-refractivity contribution < 1.29 is 37.7 Å². The van der Waals surface area contributed by atoms with Gasteiger partial charge in [0.25, 0.3) is 5.91 Å². The predicted octanol–water partition coefficient (Wildman–Crippen LogP) is 4.66. The van der Waals surface area contributed by atoms with E-state index in [1.807, 2.05) is 0 Å². The molecule has 0 unspecified atom stereocenters. The van der Waals surface area contributed by atoms with E-state index in [-0.39, 0.29) is 22.6 Å². The number of phenolic OH excluding ortho intramolecular Hbond substituents is 1. The molecule has 1 amide bonds. The highest BCUT2D eigenvalue weighted by molar-refractivity contribution is 6.48. The van der Waals surface area contributed by atoms with E-state index in [1.165, 1.54) is 31.4 Å². The fraction of sp³-hybridized carbons (Fsp3) is 0.0833. The van der Waals surface area contributed by atoms with Crippen LogP contribution in [0.2, 0.25) is 0 Å². The van der Waals surface area contributed by atoms with E-state index in [0.717, 1.165) is 18.2 Å². The quantitative estimate of drug-likeness (QED) is 0.376. The molecule has 0 aliphatic heterocycles. The highest BCUT2D eigenvalue weighted by Crippen LogP contribution is 2.43. The number of amides is 1. The molecule has 0 atom stereocenters. The Balaban J connectivity index is 2.09. The third kappa shape index (κ3) is 5.06. The molecule has 3 aromatic carbocycles. The summed E-state index contributed by atoms with van der Waals surface area (Å²) in [6.45, 7) is 0. The smallest absolute Gasteiger partial charge is 0.417 e. The lowest BCUT2D eigenvalue weighted by atomic mass is 9.93. The maximum absolute atomic E-state index is 13.7. The summed E-state index contributed by atoms with van der Waals surface area (Å²) in [6, 6.07) is 12.2. The van der Waals surface area contributed by atoms with Crippen LogP contribution in [0.4, 0.5) is 18.9 Å². The number of benzene rings is 3. The number of phenols is 1. The molecule has 0 saturated heterocycles. The van der Waals surface area contributed by atoms with Crippen molar-refractivity contribution in [2.24, 2.45) is 0 Å². The third-order valence-electron chi connectivity index (χ3n) is 4.96. The molecule has 0 saturated carbocycles. The van der Waals surface area contributed by atoms with Gasteiger partial charge >= 0.3 is 12.1 Å².